The molecular weight excluding hydrogens is 315 g/mol. The fourth-order valence-electron chi connectivity index (χ4n) is 2.10. The van der Waals surface area contributed by atoms with Crippen LogP contribution >= 0.6 is 0 Å². The molecule has 0 spiro atoms. The van der Waals surface area contributed by atoms with Crippen LogP contribution in [0.2, 0.25) is 0 Å². The molecule has 1 aliphatic heterocycles. The topological polar surface area (TPSA) is 82.5 Å². The maximum atomic E-state index is 12.1. The number of carboxylic acid groups (broad SMARTS) is 1. The zero-order chi connectivity index (χ0) is 17.0. The fourth-order valence-corrected chi connectivity index (χ4v) is 2.10. The highest BCUT2D eigenvalue weighted by atomic mass is 19.4. The summed E-state index contributed by atoms with van der Waals surface area (Å²) in [6, 6.07) is 4.83. The third-order valence-electron chi connectivity index (χ3n) is 3.30. The zero-order valence-electron chi connectivity index (χ0n) is 11.9. The van der Waals surface area contributed by atoms with Crippen molar-refractivity contribution in [2.45, 2.75) is 19.1 Å². The summed E-state index contributed by atoms with van der Waals surface area (Å²) in [5, 5.41) is 10.6. The predicted molar refractivity (Wildman–Crippen MR) is 74.3 cm³/mol. The van der Waals surface area contributed by atoms with Crippen molar-refractivity contribution in [3.8, 4) is 0 Å². The number of nitrogens with zero attached hydrogens (tertiary/aromatic N) is 2. The van der Waals surface area contributed by atoms with Gasteiger partial charge in [-0.1, -0.05) is 12.1 Å². The Bertz CT molecular complexity index is 644. The molecule has 0 saturated carbocycles. The van der Waals surface area contributed by atoms with E-state index in [4.69, 9.17) is 5.11 Å². The first-order valence-electron chi connectivity index (χ1n) is 6.75. The summed E-state index contributed by atoms with van der Waals surface area (Å²) in [5.74, 6) is -2.02. The zero-order valence-corrected chi connectivity index (χ0v) is 11.9. The molecule has 0 radical (unpaired) electrons. The van der Waals surface area contributed by atoms with Gasteiger partial charge in [-0.05, 0) is 24.1 Å². The van der Waals surface area contributed by atoms with E-state index in [-0.39, 0.29) is 13.1 Å². The van der Waals surface area contributed by atoms with Crippen LogP contribution in [0.25, 0.3) is 5.57 Å². The summed E-state index contributed by atoms with van der Waals surface area (Å²) < 4.78 is 36.4. The summed E-state index contributed by atoms with van der Waals surface area (Å²) in [7, 11) is 0. The molecule has 2 rings (SSSR count). The second kappa shape index (κ2) is 6.67. The van der Waals surface area contributed by atoms with Gasteiger partial charge in [0.2, 0.25) is 0 Å². The highest BCUT2D eigenvalue weighted by molar-refractivity contribution is 5.81. The first-order chi connectivity index (χ1) is 10.8. The number of alkyl halides is 3. The normalized spacial score (nSPS) is 15.1. The van der Waals surface area contributed by atoms with Crippen molar-refractivity contribution in [3.63, 3.8) is 0 Å². The first kappa shape index (κ1) is 16.8. The van der Waals surface area contributed by atoms with Gasteiger partial charge in [-0.15, -0.1) is 0 Å². The van der Waals surface area contributed by atoms with Crippen molar-refractivity contribution in [1.29, 1.82) is 0 Å². The minimum Gasteiger partial charge on any atom is -0.465 e. The molecule has 1 aromatic rings. The molecule has 2 heterocycles. The van der Waals surface area contributed by atoms with Gasteiger partial charge in [-0.3, -0.25) is 9.78 Å². The van der Waals surface area contributed by atoms with Gasteiger partial charge < -0.3 is 15.3 Å². The smallest absolute Gasteiger partial charge is 0.465 e. The number of hydrogen-bond donors (Lipinski definition) is 2. The van der Waals surface area contributed by atoms with Gasteiger partial charge in [0.25, 0.3) is 0 Å². The van der Waals surface area contributed by atoms with E-state index in [1.165, 1.54) is 11.0 Å². The first-order valence-corrected chi connectivity index (χ1v) is 6.75. The molecule has 0 bridgehead atoms. The minimum absolute atomic E-state index is 0.237. The van der Waals surface area contributed by atoms with E-state index in [0.29, 0.717) is 24.4 Å². The maximum absolute atomic E-state index is 12.1. The van der Waals surface area contributed by atoms with Crippen molar-refractivity contribution < 1.29 is 27.9 Å². The van der Waals surface area contributed by atoms with Gasteiger partial charge in [0, 0.05) is 13.1 Å². The average molecular weight is 329 g/mol. The Morgan fingerprint density at radius 1 is 1.35 bits per heavy atom. The summed E-state index contributed by atoms with van der Waals surface area (Å²) in [6.45, 7) is 0.236. The van der Waals surface area contributed by atoms with Crippen LogP contribution in [0.5, 0.6) is 0 Å². The quantitative estimate of drug-likeness (QED) is 0.889. The molecule has 1 aliphatic rings. The van der Waals surface area contributed by atoms with Crippen molar-refractivity contribution >= 4 is 17.6 Å². The third kappa shape index (κ3) is 4.44. The van der Waals surface area contributed by atoms with Crippen LogP contribution in [-0.4, -0.2) is 46.3 Å². The molecule has 0 aliphatic carbocycles. The Hall–Kier alpha value is -2.58. The van der Waals surface area contributed by atoms with E-state index in [1.54, 1.807) is 23.5 Å². The second-order valence-electron chi connectivity index (χ2n) is 4.90. The number of pyridine rings is 1. The van der Waals surface area contributed by atoms with E-state index < -0.39 is 18.2 Å². The summed E-state index contributed by atoms with van der Waals surface area (Å²) >= 11 is 0. The molecule has 6 nitrogen and oxygen atoms in total. The SMILES string of the molecule is O=C(O)N1CC=C(c2cccc(CNC(=O)C(F)(F)F)n2)CC1. The average Bonchev–Trinajstić information content (AvgIpc) is 2.52. The molecule has 2 amide bonds. The summed E-state index contributed by atoms with van der Waals surface area (Å²) in [6.07, 6.45) is -3.74. The molecule has 0 atom stereocenters. The van der Waals surface area contributed by atoms with Crippen LogP contribution in [0.4, 0.5) is 18.0 Å². The van der Waals surface area contributed by atoms with Gasteiger partial charge in [-0.25, -0.2) is 4.79 Å². The van der Waals surface area contributed by atoms with Crippen molar-refractivity contribution in [1.82, 2.24) is 15.2 Å². The second-order valence-corrected chi connectivity index (χ2v) is 4.90. The van der Waals surface area contributed by atoms with Crippen LogP contribution in [0.1, 0.15) is 17.8 Å². The van der Waals surface area contributed by atoms with Gasteiger partial charge in [0.1, 0.15) is 0 Å². The molecule has 2 N–H and O–H groups in total. The number of carbonyl (C=O) groups excluding carboxylic acids is 1. The number of carbonyl (C=O) groups is 2. The van der Waals surface area contributed by atoms with Gasteiger partial charge >= 0.3 is 18.2 Å². The van der Waals surface area contributed by atoms with Crippen molar-refractivity contribution in [2.75, 3.05) is 13.1 Å². The third-order valence-corrected chi connectivity index (χ3v) is 3.30. The van der Waals surface area contributed by atoms with E-state index in [2.05, 4.69) is 4.98 Å². The molecule has 23 heavy (non-hydrogen) atoms. The van der Waals surface area contributed by atoms with Gasteiger partial charge in [0.05, 0.1) is 17.9 Å². The molecule has 124 valence electrons. The lowest BCUT2D eigenvalue weighted by Gasteiger charge is -2.23. The number of hydrogen-bond acceptors (Lipinski definition) is 3. The molecule has 0 unspecified atom stereocenters. The summed E-state index contributed by atoms with van der Waals surface area (Å²) in [5.41, 5.74) is 1.68. The highest BCUT2D eigenvalue weighted by Gasteiger charge is 2.38. The Kier molecular flexibility index (Phi) is 4.87. The standard InChI is InChI=1S/C14H14F3N3O3/c15-14(16,17)12(21)18-8-10-2-1-3-11(19-10)9-4-6-20(7-5-9)13(22)23/h1-4H,5-8H2,(H,18,21)(H,22,23). The van der Waals surface area contributed by atoms with E-state index in [9.17, 15) is 22.8 Å². The molecule has 1 aromatic heterocycles. The van der Waals surface area contributed by atoms with Gasteiger partial charge in [0.15, 0.2) is 0 Å². The minimum atomic E-state index is -4.93. The molecule has 9 heteroatoms. The van der Waals surface area contributed by atoms with Crippen molar-refractivity contribution in [2.24, 2.45) is 0 Å². The van der Waals surface area contributed by atoms with Crippen molar-refractivity contribution in [3.05, 3.63) is 35.7 Å². The fraction of sp³-hybridized carbons (Fsp3) is 0.357. The lowest BCUT2D eigenvalue weighted by atomic mass is 10.0. The highest BCUT2D eigenvalue weighted by Crippen LogP contribution is 2.21. The van der Waals surface area contributed by atoms with E-state index in [0.717, 1.165) is 5.57 Å². The molecule has 0 aromatic carbocycles. The van der Waals surface area contributed by atoms with Crippen LogP contribution in [0, 0.1) is 0 Å². The van der Waals surface area contributed by atoms with Crippen LogP contribution in [0.15, 0.2) is 24.3 Å². The number of aromatic nitrogens is 1. The predicted octanol–water partition coefficient (Wildman–Crippen LogP) is 2.03. The largest absolute Gasteiger partial charge is 0.471 e. The van der Waals surface area contributed by atoms with E-state index in [1.807, 2.05) is 0 Å². The number of halogens is 3. The Balaban J connectivity index is 2.03. The van der Waals surface area contributed by atoms with Crippen LogP contribution in [0.3, 0.4) is 0 Å². The maximum Gasteiger partial charge on any atom is 0.471 e. The summed E-state index contributed by atoms with van der Waals surface area (Å²) in [4.78, 5) is 27.1. The lowest BCUT2D eigenvalue weighted by Crippen LogP contribution is -2.36. The molecule has 0 fully saturated rings. The Morgan fingerprint density at radius 3 is 2.65 bits per heavy atom. The molecular formula is C14H14F3N3O3. The Morgan fingerprint density at radius 2 is 2.09 bits per heavy atom. The number of rotatable bonds is 3. The van der Waals surface area contributed by atoms with Gasteiger partial charge in [-0.2, -0.15) is 13.2 Å². The van der Waals surface area contributed by atoms with Crippen LogP contribution < -0.4 is 5.32 Å². The lowest BCUT2D eigenvalue weighted by molar-refractivity contribution is -0.173. The molecule has 0 saturated heterocycles. The monoisotopic (exact) mass is 329 g/mol. The van der Waals surface area contributed by atoms with E-state index >= 15 is 0 Å². The van der Waals surface area contributed by atoms with Crippen LogP contribution in [-0.2, 0) is 11.3 Å². The Labute approximate surface area is 129 Å². The number of nitrogens with one attached hydrogen (secondary N) is 1. The number of amides is 2.